The van der Waals surface area contributed by atoms with E-state index in [0.717, 1.165) is 32.4 Å². The SMILES string of the molecule is Cc1ccc(C2(C(=O)N3CCCC4(CCN4CC(C)C)C3)CC2)cc1. The van der Waals surface area contributed by atoms with Crippen LogP contribution in [0.4, 0.5) is 0 Å². The number of rotatable bonds is 4. The van der Waals surface area contributed by atoms with Gasteiger partial charge in [-0.2, -0.15) is 0 Å². The second kappa shape index (κ2) is 6.12. The zero-order valence-corrected chi connectivity index (χ0v) is 16.1. The maximum Gasteiger partial charge on any atom is 0.233 e. The summed E-state index contributed by atoms with van der Waals surface area (Å²) >= 11 is 0. The number of piperidine rings is 1. The summed E-state index contributed by atoms with van der Waals surface area (Å²) in [7, 11) is 0. The fourth-order valence-electron chi connectivity index (χ4n) is 4.99. The Bertz CT molecular complexity index is 646. The van der Waals surface area contributed by atoms with Gasteiger partial charge in [-0.25, -0.2) is 0 Å². The molecule has 1 atom stereocenters. The summed E-state index contributed by atoms with van der Waals surface area (Å²) < 4.78 is 0. The van der Waals surface area contributed by atoms with Crippen molar-refractivity contribution in [3.05, 3.63) is 35.4 Å². The zero-order chi connectivity index (χ0) is 17.7. The lowest BCUT2D eigenvalue weighted by atomic mass is 9.76. The Kier molecular flexibility index (Phi) is 4.18. The predicted molar refractivity (Wildman–Crippen MR) is 102 cm³/mol. The van der Waals surface area contributed by atoms with Crippen molar-refractivity contribution in [1.29, 1.82) is 0 Å². The highest BCUT2D eigenvalue weighted by Crippen LogP contribution is 2.51. The fourth-order valence-corrected chi connectivity index (χ4v) is 4.99. The predicted octanol–water partition coefficient (Wildman–Crippen LogP) is 3.75. The molecule has 0 aromatic heterocycles. The topological polar surface area (TPSA) is 23.6 Å². The zero-order valence-electron chi connectivity index (χ0n) is 16.1. The van der Waals surface area contributed by atoms with Crippen LogP contribution in [0.5, 0.6) is 0 Å². The summed E-state index contributed by atoms with van der Waals surface area (Å²) in [4.78, 5) is 18.3. The lowest BCUT2D eigenvalue weighted by Crippen LogP contribution is -2.68. The minimum atomic E-state index is -0.209. The molecule has 1 aromatic carbocycles. The van der Waals surface area contributed by atoms with E-state index in [1.807, 2.05) is 0 Å². The van der Waals surface area contributed by atoms with Crippen LogP contribution in [0.2, 0.25) is 0 Å². The van der Waals surface area contributed by atoms with Crippen molar-refractivity contribution in [2.24, 2.45) is 5.92 Å². The molecule has 3 nitrogen and oxygen atoms in total. The van der Waals surface area contributed by atoms with Crippen molar-refractivity contribution in [3.8, 4) is 0 Å². The van der Waals surface area contributed by atoms with E-state index >= 15 is 0 Å². The first-order valence-corrected chi connectivity index (χ1v) is 10.1. The second-order valence-electron chi connectivity index (χ2n) is 9.09. The van der Waals surface area contributed by atoms with Crippen molar-refractivity contribution >= 4 is 5.91 Å². The molecular weight excluding hydrogens is 308 g/mol. The van der Waals surface area contributed by atoms with E-state index in [0.29, 0.717) is 11.8 Å². The third-order valence-corrected chi connectivity index (χ3v) is 6.71. The Morgan fingerprint density at radius 2 is 1.80 bits per heavy atom. The number of hydrogen-bond donors (Lipinski definition) is 0. The normalized spacial score (nSPS) is 28.2. The van der Waals surface area contributed by atoms with Gasteiger partial charge in [-0.15, -0.1) is 0 Å². The first-order chi connectivity index (χ1) is 12.0. The number of nitrogens with zero attached hydrogens (tertiary/aromatic N) is 2. The summed E-state index contributed by atoms with van der Waals surface area (Å²) in [5, 5.41) is 0. The Morgan fingerprint density at radius 3 is 2.36 bits per heavy atom. The van der Waals surface area contributed by atoms with Crippen LogP contribution in [0.15, 0.2) is 24.3 Å². The molecule has 3 heteroatoms. The van der Waals surface area contributed by atoms with Crippen molar-refractivity contribution in [3.63, 3.8) is 0 Å². The molecule has 0 N–H and O–H groups in total. The monoisotopic (exact) mass is 340 g/mol. The van der Waals surface area contributed by atoms with E-state index in [9.17, 15) is 4.79 Å². The standard InChI is InChI=1S/C22H32N2O/c1-17(2)15-24-14-12-21(24)9-4-13-23(16-21)20(25)22(10-11-22)19-7-5-18(3)6-8-19/h5-8,17H,4,9-16H2,1-3H3. The average Bonchev–Trinajstić information content (AvgIpc) is 3.40. The summed E-state index contributed by atoms with van der Waals surface area (Å²) in [6, 6.07) is 8.65. The molecule has 3 fully saturated rings. The molecule has 2 aliphatic heterocycles. The van der Waals surface area contributed by atoms with Crippen LogP contribution in [0, 0.1) is 12.8 Å². The summed E-state index contributed by atoms with van der Waals surface area (Å²) in [6.45, 7) is 11.0. The number of amides is 1. The largest absolute Gasteiger partial charge is 0.340 e. The second-order valence-corrected chi connectivity index (χ2v) is 9.09. The lowest BCUT2D eigenvalue weighted by molar-refractivity contribution is -0.143. The van der Waals surface area contributed by atoms with Crippen LogP contribution in [-0.4, -0.2) is 47.4 Å². The molecule has 3 aliphatic rings. The molecule has 2 saturated heterocycles. The van der Waals surface area contributed by atoms with Gasteiger partial charge in [0, 0.05) is 31.7 Å². The molecule has 1 aromatic rings. The molecule has 4 rings (SSSR count). The maximum atomic E-state index is 13.4. The van der Waals surface area contributed by atoms with E-state index in [2.05, 4.69) is 54.8 Å². The minimum Gasteiger partial charge on any atom is -0.340 e. The first kappa shape index (κ1) is 17.1. The van der Waals surface area contributed by atoms with Gasteiger partial charge >= 0.3 is 0 Å². The Hall–Kier alpha value is -1.35. The van der Waals surface area contributed by atoms with Gasteiger partial charge in [0.2, 0.25) is 5.91 Å². The van der Waals surface area contributed by atoms with Crippen LogP contribution in [0.25, 0.3) is 0 Å². The molecule has 1 amide bonds. The van der Waals surface area contributed by atoms with Gasteiger partial charge in [0.1, 0.15) is 0 Å². The summed E-state index contributed by atoms with van der Waals surface area (Å²) in [6.07, 6.45) is 5.73. The number of aryl methyl sites for hydroxylation is 1. The molecule has 2 heterocycles. The number of likely N-dealkylation sites (tertiary alicyclic amines) is 2. The third kappa shape index (κ3) is 2.91. The molecule has 1 aliphatic carbocycles. The molecule has 1 spiro atoms. The van der Waals surface area contributed by atoms with Gasteiger partial charge in [-0.3, -0.25) is 9.69 Å². The lowest BCUT2D eigenvalue weighted by Gasteiger charge is -2.58. The summed E-state index contributed by atoms with van der Waals surface area (Å²) in [5.74, 6) is 1.09. The van der Waals surface area contributed by atoms with E-state index in [1.165, 1.54) is 37.1 Å². The quantitative estimate of drug-likeness (QED) is 0.833. The maximum absolute atomic E-state index is 13.4. The number of carbonyl (C=O) groups excluding carboxylic acids is 1. The highest BCUT2D eigenvalue weighted by Gasteiger charge is 2.55. The highest BCUT2D eigenvalue weighted by molar-refractivity contribution is 5.91. The minimum absolute atomic E-state index is 0.209. The van der Waals surface area contributed by atoms with Crippen molar-refractivity contribution in [1.82, 2.24) is 9.80 Å². The third-order valence-electron chi connectivity index (χ3n) is 6.71. The van der Waals surface area contributed by atoms with Crippen LogP contribution < -0.4 is 0 Å². The van der Waals surface area contributed by atoms with E-state index in [-0.39, 0.29) is 11.0 Å². The van der Waals surface area contributed by atoms with Gasteiger partial charge in [-0.1, -0.05) is 43.7 Å². The van der Waals surface area contributed by atoms with Gasteiger partial charge in [-0.05, 0) is 50.5 Å². The molecule has 1 unspecified atom stereocenters. The number of hydrogen-bond acceptors (Lipinski definition) is 2. The molecular formula is C22H32N2O. The number of benzene rings is 1. The molecule has 0 bridgehead atoms. The Labute approximate surface area is 152 Å². The smallest absolute Gasteiger partial charge is 0.233 e. The number of carbonyl (C=O) groups is 1. The molecule has 1 saturated carbocycles. The van der Waals surface area contributed by atoms with Crippen molar-refractivity contribution < 1.29 is 4.79 Å². The molecule has 136 valence electrons. The Morgan fingerprint density at radius 1 is 1.08 bits per heavy atom. The van der Waals surface area contributed by atoms with Crippen molar-refractivity contribution in [2.45, 2.75) is 63.8 Å². The average molecular weight is 341 g/mol. The summed E-state index contributed by atoms with van der Waals surface area (Å²) in [5.41, 5.74) is 2.57. The van der Waals surface area contributed by atoms with Crippen LogP contribution in [-0.2, 0) is 10.2 Å². The van der Waals surface area contributed by atoms with Gasteiger partial charge < -0.3 is 4.90 Å². The van der Waals surface area contributed by atoms with E-state index < -0.39 is 0 Å². The molecule has 25 heavy (non-hydrogen) atoms. The molecule has 0 radical (unpaired) electrons. The van der Waals surface area contributed by atoms with Crippen LogP contribution in [0.3, 0.4) is 0 Å². The van der Waals surface area contributed by atoms with Crippen LogP contribution >= 0.6 is 0 Å². The van der Waals surface area contributed by atoms with Crippen LogP contribution in [0.1, 0.15) is 57.1 Å². The van der Waals surface area contributed by atoms with Gasteiger partial charge in [0.25, 0.3) is 0 Å². The van der Waals surface area contributed by atoms with Crippen molar-refractivity contribution in [2.75, 3.05) is 26.2 Å². The Balaban J connectivity index is 1.50. The highest BCUT2D eigenvalue weighted by atomic mass is 16.2. The van der Waals surface area contributed by atoms with Gasteiger partial charge in [0.15, 0.2) is 0 Å². The fraction of sp³-hybridized carbons (Fsp3) is 0.682. The van der Waals surface area contributed by atoms with E-state index in [4.69, 9.17) is 0 Å². The van der Waals surface area contributed by atoms with Gasteiger partial charge in [0.05, 0.1) is 5.41 Å². The first-order valence-electron chi connectivity index (χ1n) is 10.1. The van der Waals surface area contributed by atoms with E-state index in [1.54, 1.807) is 0 Å².